The molecule has 0 saturated heterocycles. The Morgan fingerprint density at radius 1 is 1.21 bits per heavy atom. The van der Waals surface area contributed by atoms with Crippen LogP contribution in [0.4, 0.5) is 0 Å². The van der Waals surface area contributed by atoms with Gasteiger partial charge in [0.2, 0.25) is 0 Å². The summed E-state index contributed by atoms with van der Waals surface area (Å²) < 4.78 is 3.67. The van der Waals surface area contributed by atoms with Gasteiger partial charge in [-0.3, -0.25) is 14.3 Å². The third-order valence-corrected chi connectivity index (χ3v) is 5.24. The quantitative estimate of drug-likeness (QED) is 0.556. The van der Waals surface area contributed by atoms with E-state index < -0.39 is 5.91 Å². The Morgan fingerprint density at radius 3 is 2.59 bits per heavy atom. The normalized spacial score (nSPS) is 11.3. The highest BCUT2D eigenvalue weighted by molar-refractivity contribution is 6.06. The van der Waals surface area contributed by atoms with Crippen molar-refractivity contribution in [3.63, 3.8) is 0 Å². The van der Waals surface area contributed by atoms with Gasteiger partial charge < -0.3 is 15.3 Å². The zero-order valence-corrected chi connectivity index (χ0v) is 16.8. The van der Waals surface area contributed by atoms with E-state index in [0.717, 1.165) is 28.0 Å². The highest BCUT2D eigenvalue weighted by atomic mass is 16.1. The van der Waals surface area contributed by atoms with Crippen molar-refractivity contribution < 1.29 is 4.79 Å². The number of nitrogens with one attached hydrogen (secondary N) is 1. The average molecular weight is 390 g/mol. The van der Waals surface area contributed by atoms with Crippen molar-refractivity contribution >= 4 is 16.9 Å². The minimum Gasteiger partial charge on any atom is -0.366 e. The van der Waals surface area contributed by atoms with Crippen LogP contribution in [0.25, 0.3) is 22.3 Å². The number of aromatic nitrogens is 5. The van der Waals surface area contributed by atoms with Gasteiger partial charge in [0, 0.05) is 30.1 Å². The SMILES string of the molecule is Cc1cc(C)c(Cn2c(C)nc3c(C(N)=O)cc(-c4ccnn4C)cc32)c(=O)[nH]1. The van der Waals surface area contributed by atoms with E-state index in [0.29, 0.717) is 29.0 Å². The molecule has 8 nitrogen and oxygen atoms in total. The van der Waals surface area contributed by atoms with Crippen molar-refractivity contribution in [2.45, 2.75) is 27.3 Å². The number of nitrogens with zero attached hydrogens (tertiary/aromatic N) is 4. The number of benzene rings is 1. The van der Waals surface area contributed by atoms with Crippen LogP contribution < -0.4 is 11.3 Å². The van der Waals surface area contributed by atoms with E-state index in [2.05, 4.69) is 15.1 Å². The molecule has 0 radical (unpaired) electrons. The van der Waals surface area contributed by atoms with Crippen molar-refractivity contribution in [1.29, 1.82) is 0 Å². The van der Waals surface area contributed by atoms with E-state index >= 15 is 0 Å². The molecule has 0 saturated carbocycles. The van der Waals surface area contributed by atoms with Gasteiger partial charge in [0.1, 0.15) is 11.3 Å². The summed E-state index contributed by atoms with van der Waals surface area (Å²) in [5.41, 5.74) is 11.2. The summed E-state index contributed by atoms with van der Waals surface area (Å²) in [7, 11) is 1.83. The lowest BCUT2D eigenvalue weighted by molar-refractivity contribution is 0.100. The number of amides is 1. The van der Waals surface area contributed by atoms with Gasteiger partial charge in [-0.2, -0.15) is 5.10 Å². The summed E-state index contributed by atoms with van der Waals surface area (Å²) in [6, 6.07) is 7.51. The van der Waals surface area contributed by atoms with Crippen LogP contribution in [0.15, 0.2) is 35.3 Å². The van der Waals surface area contributed by atoms with E-state index in [9.17, 15) is 9.59 Å². The zero-order chi connectivity index (χ0) is 20.9. The van der Waals surface area contributed by atoms with Gasteiger partial charge in [-0.05, 0) is 50.6 Å². The molecule has 0 aliphatic rings. The molecule has 0 aliphatic heterocycles. The number of imidazole rings is 1. The molecular weight excluding hydrogens is 368 g/mol. The average Bonchev–Trinajstić information content (AvgIpc) is 3.20. The largest absolute Gasteiger partial charge is 0.366 e. The molecule has 3 N–H and O–H groups in total. The molecule has 1 amide bonds. The second-order valence-electron chi connectivity index (χ2n) is 7.28. The highest BCUT2D eigenvalue weighted by Gasteiger charge is 2.19. The second-order valence-corrected chi connectivity index (χ2v) is 7.28. The topological polar surface area (TPSA) is 112 Å². The number of H-pyrrole nitrogens is 1. The second kappa shape index (κ2) is 6.73. The van der Waals surface area contributed by atoms with Crippen molar-refractivity contribution in [2.24, 2.45) is 12.8 Å². The maximum Gasteiger partial charge on any atom is 0.253 e. The zero-order valence-electron chi connectivity index (χ0n) is 16.8. The minimum atomic E-state index is -0.548. The van der Waals surface area contributed by atoms with E-state index in [1.54, 1.807) is 16.9 Å². The lowest BCUT2D eigenvalue weighted by Crippen LogP contribution is -2.19. The maximum absolute atomic E-state index is 12.5. The third-order valence-electron chi connectivity index (χ3n) is 5.24. The first kappa shape index (κ1) is 18.7. The summed E-state index contributed by atoms with van der Waals surface area (Å²) in [5.74, 6) is 0.150. The molecule has 1 aromatic carbocycles. The molecule has 148 valence electrons. The van der Waals surface area contributed by atoms with Gasteiger partial charge in [-0.1, -0.05) is 0 Å². The molecule has 0 atom stereocenters. The van der Waals surface area contributed by atoms with Gasteiger partial charge in [0.25, 0.3) is 11.5 Å². The van der Waals surface area contributed by atoms with Crippen LogP contribution in [0.1, 0.15) is 33.0 Å². The number of carbonyl (C=O) groups is 1. The molecular formula is C21H22N6O2. The molecule has 3 aromatic heterocycles. The third kappa shape index (κ3) is 3.12. The van der Waals surface area contributed by atoms with Crippen LogP contribution in [0.5, 0.6) is 0 Å². The van der Waals surface area contributed by atoms with Crippen LogP contribution >= 0.6 is 0 Å². The number of hydrogen-bond donors (Lipinski definition) is 2. The summed E-state index contributed by atoms with van der Waals surface area (Å²) in [5, 5.41) is 4.21. The number of carbonyl (C=O) groups excluding carboxylic acids is 1. The predicted octanol–water partition coefficient (Wildman–Crippen LogP) is 2.20. The summed E-state index contributed by atoms with van der Waals surface area (Å²) >= 11 is 0. The first-order valence-electron chi connectivity index (χ1n) is 9.24. The van der Waals surface area contributed by atoms with Crippen LogP contribution in [0.2, 0.25) is 0 Å². The fourth-order valence-corrected chi connectivity index (χ4v) is 3.77. The Labute approximate surface area is 167 Å². The Hall–Kier alpha value is -3.68. The van der Waals surface area contributed by atoms with Crippen molar-refractivity contribution in [3.8, 4) is 11.3 Å². The summed E-state index contributed by atoms with van der Waals surface area (Å²) in [6.45, 7) is 5.97. The number of aromatic amines is 1. The standard InChI is InChI=1S/C21H22N6O2/c1-11-7-12(2)24-21(29)16(11)10-27-13(3)25-19-15(20(22)28)8-14(9-18(19)27)17-5-6-23-26(17)4/h5-9H,10H2,1-4H3,(H2,22,28)(H,24,29). The van der Waals surface area contributed by atoms with Crippen LogP contribution in [0, 0.1) is 20.8 Å². The predicted molar refractivity (Wildman–Crippen MR) is 111 cm³/mol. The molecule has 8 heteroatoms. The Balaban J connectivity index is 1.97. The van der Waals surface area contributed by atoms with Gasteiger partial charge >= 0.3 is 0 Å². The van der Waals surface area contributed by atoms with E-state index in [4.69, 9.17) is 5.73 Å². The molecule has 4 rings (SSSR count). The highest BCUT2D eigenvalue weighted by Crippen LogP contribution is 2.28. The monoisotopic (exact) mass is 390 g/mol. The number of rotatable bonds is 4. The lowest BCUT2D eigenvalue weighted by Gasteiger charge is -2.11. The van der Waals surface area contributed by atoms with Crippen molar-refractivity contribution in [1.82, 2.24) is 24.3 Å². The smallest absolute Gasteiger partial charge is 0.253 e. The fraction of sp³-hybridized carbons (Fsp3) is 0.238. The Morgan fingerprint density at radius 2 is 1.97 bits per heavy atom. The molecule has 0 fully saturated rings. The number of hydrogen-bond acceptors (Lipinski definition) is 4. The number of pyridine rings is 1. The molecule has 0 aliphatic carbocycles. The molecule has 0 bridgehead atoms. The van der Waals surface area contributed by atoms with Crippen LogP contribution in [-0.4, -0.2) is 30.2 Å². The number of aryl methyl sites for hydroxylation is 4. The maximum atomic E-state index is 12.5. The summed E-state index contributed by atoms with van der Waals surface area (Å²) in [4.78, 5) is 32.1. The first-order chi connectivity index (χ1) is 13.8. The number of fused-ring (bicyclic) bond motifs is 1. The van der Waals surface area contributed by atoms with E-state index in [1.165, 1.54) is 0 Å². The van der Waals surface area contributed by atoms with Gasteiger partial charge in [-0.15, -0.1) is 0 Å². The lowest BCUT2D eigenvalue weighted by atomic mass is 10.0. The minimum absolute atomic E-state index is 0.123. The van der Waals surface area contributed by atoms with Gasteiger partial charge in [0.15, 0.2) is 0 Å². The number of primary amides is 1. The molecule has 29 heavy (non-hydrogen) atoms. The summed E-state index contributed by atoms with van der Waals surface area (Å²) in [6.07, 6.45) is 1.70. The Bertz CT molecular complexity index is 1330. The molecule has 0 unspecified atom stereocenters. The molecule has 4 aromatic rings. The van der Waals surface area contributed by atoms with E-state index in [1.807, 2.05) is 50.6 Å². The number of nitrogens with two attached hydrogens (primary N) is 1. The fourth-order valence-electron chi connectivity index (χ4n) is 3.77. The van der Waals surface area contributed by atoms with Gasteiger partial charge in [-0.25, -0.2) is 4.98 Å². The van der Waals surface area contributed by atoms with Crippen molar-refractivity contribution in [3.05, 3.63) is 69.0 Å². The van der Waals surface area contributed by atoms with E-state index in [-0.39, 0.29) is 5.56 Å². The Kier molecular flexibility index (Phi) is 4.34. The van der Waals surface area contributed by atoms with Gasteiger partial charge in [0.05, 0.1) is 23.3 Å². The first-order valence-corrected chi connectivity index (χ1v) is 9.24. The van der Waals surface area contributed by atoms with Crippen LogP contribution in [-0.2, 0) is 13.6 Å². The van der Waals surface area contributed by atoms with Crippen molar-refractivity contribution in [2.75, 3.05) is 0 Å². The molecule has 3 heterocycles. The molecule has 0 spiro atoms. The van der Waals surface area contributed by atoms with Crippen LogP contribution in [0.3, 0.4) is 0 Å².